The number of hydrogen-bond acceptors (Lipinski definition) is 4. The molecular weight excluding hydrogens is 390 g/mol. The lowest BCUT2D eigenvalue weighted by Gasteiger charge is -2.23. The van der Waals surface area contributed by atoms with E-state index in [1.165, 1.54) is 38.2 Å². The molecule has 0 atom stereocenters. The molecule has 2 aromatic carbocycles. The molecule has 2 amide bonds. The van der Waals surface area contributed by atoms with Crippen LogP contribution in [0.3, 0.4) is 0 Å². The summed E-state index contributed by atoms with van der Waals surface area (Å²) in [5.41, 5.74) is 1.95. The number of benzene rings is 2. The highest BCUT2D eigenvalue weighted by Crippen LogP contribution is 2.29. The third kappa shape index (κ3) is 5.88. The van der Waals surface area contributed by atoms with Gasteiger partial charge in [-0.15, -0.1) is 0 Å². The van der Waals surface area contributed by atoms with Gasteiger partial charge in [-0.2, -0.15) is 4.31 Å². The van der Waals surface area contributed by atoms with E-state index in [4.69, 9.17) is 0 Å². The Morgan fingerprint density at radius 2 is 1.55 bits per heavy atom. The molecule has 7 nitrogen and oxygen atoms in total. The monoisotopic (exact) mass is 417 g/mol. The Bertz CT molecular complexity index is 993. The summed E-state index contributed by atoms with van der Waals surface area (Å²) in [6.07, 6.45) is 0. The van der Waals surface area contributed by atoms with Crippen LogP contribution in [0.2, 0.25) is 0 Å². The normalized spacial score (nSPS) is 11.9. The molecule has 29 heavy (non-hydrogen) atoms. The maximum Gasteiger partial charge on any atom is 0.243 e. The van der Waals surface area contributed by atoms with Crippen LogP contribution >= 0.6 is 0 Å². The minimum atomic E-state index is -3.85. The van der Waals surface area contributed by atoms with E-state index in [0.717, 1.165) is 9.87 Å². The van der Waals surface area contributed by atoms with Gasteiger partial charge in [0.25, 0.3) is 0 Å². The van der Waals surface area contributed by atoms with E-state index in [1.54, 1.807) is 6.07 Å². The molecule has 2 N–H and O–H groups in total. The summed E-state index contributed by atoms with van der Waals surface area (Å²) in [6.45, 7) is 7.17. The Balaban J connectivity index is 2.12. The van der Waals surface area contributed by atoms with E-state index in [1.807, 2.05) is 39.0 Å². The van der Waals surface area contributed by atoms with Gasteiger partial charge >= 0.3 is 0 Å². The van der Waals surface area contributed by atoms with Crippen molar-refractivity contribution in [3.05, 3.63) is 54.1 Å². The maximum absolute atomic E-state index is 12.7. The van der Waals surface area contributed by atoms with Gasteiger partial charge in [0.2, 0.25) is 21.8 Å². The molecule has 0 saturated carbocycles. The van der Waals surface area contributed by atoms with Gasteiger partial charge in [0.1, 0.15) is 0 Å². The van der Waals surface area contributed by atoms with Gasteiger partial charge in [-0.3, -0.25) is 9.59 Å². The smallest absolute Gasteiger partial charge is 0.243 e. The standard InChI is InChI=1S/C21H27N3O4S/c1-15(25)22-16-10-12-17(13-11-16)29(27,28)24(5)14-20(26)23-19-9-7-6-8-18(19)21(2,3)4/h6-13H,14H2,1-5H3,(H,22,25)(H,23,26). The fraction of sp³-hybridized carbons (Fsp3) is 0.333. The molecular formula is C21H27N3O4S. The number of carbonyl (C=O) groups is 2. The van der Waals surface area contributed by atoms with Crippen molar-refractivity contribution in [1.29, 1.82) is 0 Å². The van der Waals surface area contributed by atoms with Crippen molar-refractivity contribution in [2.75, 3.05) is 24.2 Å². The number of para-hydroxylation sites is 1. The Hall–Kier alpha value is -2.71. The van der Waals surface area contributed by atoms with E-state index >= 15 is 0 Å². The zero-order valence-corrected chi connectivity index (χ0v) is 18.1. The number of sulfonamides is 1. The molecule has 0 saturated heterocycles. The topological polar surface area (TPSA) is 95.6 Å². The molecule has 0 spiro atoms. The molecule has 0 aromatic heterocycles. The number of nitrogens with one attached hydrogen (secondary N) is 2. The Kier molecular flexibility index (Phi) is 6.81. The second-order valence-electron chi connectivity index (χ2n) is 7.81. The average molecular weight is 418 g/mol. The van der Waals surface area contributed by atoms with E-state index in [0.29, 0.717) is 11.4 Å². The second-order valence-corrected chi connectivity index (χ2v) is 9.86. The number of rotatable bonds is 6. The first kappa shape index (κ1) is 22.6. The van der Waals surface area contributed by atoms with E-state index in [-0.39, 0.29) is 22.8 Å². The number of carbonyl (C=O) groups excluding carboxylic acids is 2. The summed E-state index contributed by atoms with van der Waals surface area (Å²) in [5.74, 6) is -0.674. The van der Waals surface area contributed by atoms with Gasteiger partial charge in [-0.05, 0) is 41.3 Å². The molecule has 0 radical (unpaired) electrons. The summed E-state index contributed by atoms with van der Waals surface area (Å²) >= 11 is 0. The van der Waals surface area contributed by atoms with Crippen molar-refractivity contribution in [2.24, 2.45) is 0 Å². The van der Waals surface area contributed by atoms with Crippen LogP contribution in [-0.4, -0.2) is 38.1 Å². The molecule has 8 heteroatoms. The summed E-state index contributed by atoms with van der Waals surface area (Å²) in [5, 5.41) is 5.39. The van der Waals surface area contributed by atoms with Crippen molar-refractivity contribution < 1.29 is 18.0 Å². The number of amides is 2. The minimum Gasteiger partial charge on any atom is -0.326 e. The summed E-state index contributed by atoms with van der Waals surface area (Å²) < 4.78 is 26.5. The summed E-state index contributed by atoms with van der Waals surface area (Å²) in [6, 6.07) is 13.2. The first-order valence-electron chi connectivity index (χ1n) is 9.14. The lowest BCUT2D eigenvalue weighted by Crippen LogP contribution is -2.35. The van der Waals surface area contributed by atoms with Crippen LogP contribution in [0.4, 0.5) is 11.4 Å². The van der Waals surface area contributed by atoms with Crippen molar-refractivity contribution in [3.63, 3.8) is 0 Å². The molecule has 0 aliphatic rings. The molecule has 0 heterocycles. The molecule has 156 valence electrons. The number of hydrogen-bond donors (Lipinski definition) is 2. The first-order chi connectivity index (χ1) is 13.4. The first-order valence-corrected chi connectivity index (χ1v) is 10.6. The van der Waals surface area contributed by atoms with Gasteiger partial charge < -0.3 is 10.6 Å². The maximum atomic E-state index is 12.7. The quantitative estimate of drug-likeness (QED) is 0.754. The predicted molar refractivity (Wildman–Crippen MR) is 114 cm³/mol. The molecule has 0 aliphatic heterocycles. The van der Waals surface area contributed by atoms with Gasteiger partial charge in [0.05, 0.1) is 11.4 Å². The van der Waals surface area contributed by atoms with Crippen LogP contribution in [0, 0.1) is 0 Å². The highest BCUT2D eigenvalue weighted by Gasteiger charge is 2.24. The van der Waals surface area contributed by atoms with E-state index in [2.05, 4.69) is 10.6 Å². The van der Waals surface area contributed by atoms with Crippen LogP contribution in [-0.2, 0) is 25.0 Å². The Morgan fingerprint density at radius 3 is 2.10 bits per heavy atom. The SMILES string of the molecule is CC(=O)Nc1ccc(S(=O)(=O)N(C)CC(=O)Nc2ccccc2C(C)(C)C)cc1. The third-order valence-corrected chi connectivity index (χ3v) is 6.08. The van der Waals surface area contributed by atoms with Gasteiger partial charge in [0.15, 0.2) is 0 Å². The van der Waals surface area contributed by atoms with Crippen molar-refractivity contribution in [1.82, 2.24) is 4.31 Å². The zero-order chi connectivity index (χ0) is 21.8. The minimum absolute atomic E-state index is 0.0389. The summed E-state index contributed by atoms with van der Waals surface area (Å²) in [7, 11) is -2.50. The fourth-order valence-electron chi connectivity index (χ4n) is 2.82. The van der Waals surface area contributed by atoms with Crippen LogP contribution in [0.25, 0.3) is 0 Å². The molecule has 0 fully saturated rings. The molecule has 2 rings (SSSR count). The predicted octanol–water partition coefficient (Wildman–Crippen LogP) is 3.20. The van der Waals surface area contributed by atoms with E-state index < -0.39 is 15.9 Å². The largest absolute Gasteiger partial charge is 0.326 e. The number of nitrogens with zero attached hydrogens (tertiary/aromatic N) is 1. The molecule has 0 aliphatic carbocycles. The lowest BCUT2D eigenvalue weighted by molar-refractivity contribution is -0.116. The van der Waals surface area contributed by atoms with Crippen molar-refractivity contribution in [3.8, 4) is 0 Å². The van der Waals surface area contributed by atoms with Crippen LogP contribution in [0.15, 0.2) is 53.4 Å². The van der Waals surface area contributed by atoms with Gasteiger partial charge in [0, 0.05) is 25.3 Å². The van der Waals surface area contributed by atoms with Gasteiger partial charge in [-0.1, -0.05) is 39.0 Å². The van der Waals surface area contributed by atoms with Crippen molar-refractivity contribution in [2.45, 2.75) is 38.0 Å². The van der Waals surface area contributed by atoms with E-state index in [9.17, 15) is 18.0 Å². The average Bonchev–Trinajstić information content (AvgIpc) is 2.61. The van der Waals surface area contributed by atoms with Crippen molar-refractivity contribution >= 4 is 33.2 Å². The summed E-state index contributed by atoms with van der Waals surface area (Å²) in [4.78, 5) is 23.6. The third-order valence-electron chi connectivity index (χ3n) is 4.26. The fourth-order valence-corrected chi connectivity index (χ4v) is 3.94. The molecule has 2 aromatic rings. The highest BCUT2D eigenvalue weighted by molar-refractivity contribution is 7.89. The van der Waals surface area contributed by atoms with Crippen LogP contribution in [0.1, 0.15) is 33.3 Å². The Morgan fingerprint density at radius 1 is 0.966 bits per heavy atom. The van der Waals surface area contributed by atoms with Crippen LogP contribution < -0.4 is 10.6 Å². The highest BCUT2D eigenvalue weighted by atomic mass is 32.2. The number of anilines is 2. The molecule has 0 unspecified atom stereocenters. The lowest BCUT2D eigenvalue weighted by atomic mass is 9.86. The second kappa shape index (κ2) is 8.75. The zero-order valence-electron chi connectivity index (χ0n) is 17.3. The molecule has 0 bridgehead atoms. The van der Waals surface area contributed by atoms with Crippen LogP contribution in [0.5, 0.6) is 0 Å². The van der Waals surface area contributed by atoms with Gasteiger partial charge in [-0.25, -0.2) is 8.42 Å². The number of likely N-dealkylation sites (N-methyl/N-ethyl adjacent to an activating group) is 1. The Labute approximate surface area is 172 Å².